The molecular formula is C25H23N3O2S2. The Morgan fingerprint density at radius 3 is 2.50 bits per heavy atom. The van der Waals surface area contributed by atoms with E-state index in [-0.39, 0.29) is 24.0 Å². The van der Waals surface area contributed by atoms with E-state index in [1.165, 1.54) is 23.1 Å². The number of benzene rings is 3. The minimum Gasteiger partial charge on any atom is -0.326 e. The van der Waals surface area contributed by atoms with Crippen LogP contribution in [0, 0.1) is 13.8 Å². The number of carbonyl (C=O) groups excluding carboxylic acids is 2. The molecule has 0 radical (unpaired) electrons. The van der Waals surface area contributed by atoms with Crippen LogP contribution in [0.1, 0.15) is 16.8 Å². The van der Waals surface area contributed by atoms with Crippen LogP contribution < -0.4 is 10.6 Å². The van der Waals surface area contributed by atoms with Gasteiger partial charge in [-0.25, -0.2) is 4.98 Å². The second kappa shape index (κ2) is 9.97. The molecule has 0 saturated heterocycles. The predicted molar refractivity (Wildman–Crippen MR) is 134 cm³/mol. The summed E-state index contributed by atoms with van der Waals surface area (Å²) in [7, 11) is 0. The number of hydrogen-bond donors (Lipinski definition) is 2. The molecule has 2 amide bonds. The van der Waals surface area contributed by atoms with Gasteiger partial charge in [-0.05, 0) is 48.6 Å². The molecule has 0 bridgehead atoms. The van der Waals surface area contributed by atoms with Crippen LogP contribution in [0.2, 0.25) is 0 Å². The zero-order valence-corrected chi connectivity index (χ0v) is 19.5. The lowest BCUT2D eigenvalue weighted by molar-refractivity contribution is -0.116. The standard InChI is InChI=1S/C25H23N3O2S2/c1-16-10-17(2)12-19(11-16)26-23(29)13-20-14-31-25(27-20)32-15-24(30)28-22-9-5-7-18-6-3-4-8-21(18)22/h3-12,14H,13,15H2,1-2H3,(H,26,29)(H,28,30). The van der Waals surface area contributed by atoms with Crippen LogP contribution in [0.3, 0.4) is 0 Å². The number of fused-ring (bicyclic) bond motifs is 1. The van der Waals surface area contributed by atoms with E-state index in [4.69, 9.17) is 0 Å². The van der Waals surface area contributed by atoms with Crippen molar-refractivity contribution in [2.45, 2.75) is 24.6 Å². The highest BCUT2D eigenvalue weighted by Crippen LogP contribution is 2.26. The maximum absolute atomic E-state index is 12.5. The van der Waals surface area contributed by atoms with Crippen molar-refractivity contribution in [3.63, 3.8) is 0 Å². The van der Waals surface area contributed by atoms with E-state index in [9.17, 15) is 9.59 Å². The van der Waals surface area contributed by atoms with E-state index in [2.05, 4.69) is 21.7 Å². The fourth-order valence-electron chi connectivity index (χ4n) is 3.50. The molecule has 0 atom stereocenters. The Hall–Kier alpha value is -3.16. The third-order valence-electron chi connectivity index (χ3n) is 4.77. The Balaban J connectivity index is 1.30. The molecule has 0 fully saturated rings. The lowest BCUT2D eigenvalue weighted by Crippen LogP contribution is -2.15. The van der Waals surface area contributed by atoms with Crippen LogP contribution in [0.25, 0.3) is 10.8 Å². The minimum atomic E-state index is -0.106. The summed E-state index contributed by atoms with van der Waals surface area (Å²) in [6.45, 7) is 4.01. The van der Waals surface area contributed by atoms with Gasteiger partial charge in [0.2, 0.25) is 11.8 Å². The molecule has 0 unspecified atom stereocenters. The summed E-state index contributed by atoms with van der Waals surface area (Å²) in [5.41, 5.74) is 4.51. The van der Waals surface area contributed by atoms with Crippen LogP contribution in [-0.2, 0) is 16.0 Å². The molecule has 162 valence electrons. The number of aryl methyl sites for hydroxylation is 2. The van der Waals surface area contributed by atoms with E-state index in [1.54, 1.807) is 0 Å². The van der Waals surface area contributed by atoms with E-state index in [0.29, 0.717) is 5.69 Å². The number of nitrogens with zero attached hydrogens (tertiary/aromatic N) is 1. The normalized spacial score (nSPS) is 10.8. The zero-order valence-electron chi connectivity index (χ0n) is 17.8. The molecule has 1 aromatic heterocycles. The summed E-state index contributed by atoms with van der Waals surface area (Å²) in [5.74, 6) is 0.0616. The molecule has 1 heterocycles. The second-order valence-electron chi connectivity index (χ2n) is 7.57. The Morgan fingerprint density at radius 2 is 1.69 bits per heavy atom. The maximum atomic E-state index is 12.5. The fraction of sp³-hybridized carbons (Fsp3) is 0.160. The highest BCUT2D eigenvalue weighted by atomic mass is 32.2. The van der Waals surface area contributed by atoms with E-state index in [0.717, 1.165) is 37.6 Å². The monoisotopic (exact) mass is 461 g/mol. The highest BCUT2D eigenvalue weighted by Gasteiger charge is 2.11. The third kappa shape index (κ3) is 5.75. The van der Waals surface area contributed by atoms with Gasteiger partial charge in [-0.1, -0.05) is 54.2 Å². The molecule has 4 rings (SSSR count). The lowest BCUT2D eigenvalue weighted by atomic mass is 10.1. The summed E-state index contributed by atoms with van der Waals surface area (Å²) in [4.78, 5) is 29.3. The van der Waals surface area contributed by atoms with Crippen molar-refractivity contribution in [1.29, 1.82) is 0 Å². The number of thiazole rings is 1. The molecule has 5 nitrogen and oxygen atoms in total. The minimum absolute atomic E-state index is 0.0873. The van der Waals surface area contributed by atoms with Crippen LogP contribution >= 0.6 is 23.1 Å². The topological polar surface area (TPSA) is 71.1 Å². The lowest BCUT2D eigenvalue weighted by Gasteiger charge is -2.08. The summed E-state index contributed by atoms with van der Waals surface area (Å²) >= 11 is 2.82. The van der Waals surface area contributed by atoms with Crippen molar-refractivity contribution in [1.82, 2.24) is 4.98 Å². The second-order valence-corrected chi connectivity index (χ2v) is 9.65. The van der Waals surface area contributed by atoms with Crippen LogP contribution in [0.4, 0.5) is 11.4 Å². The van der Waals surface area contributed by atoms with Gasteiger partial charge in [-0.3, -0.25) is 9.59 Å². The smallest absolute Gasteiger partial charge is 0.234 e. The van der Waals surface area contributed by atoms with Crippen molar-refractivity contribution in [3.8, 4) is 0 Å². The van der Waals surface area contributed by atoms with Crippen molar-refractivity contribution >= 4 is 57.1 Å². The number of amides is 2. The molecule has 32 heavy (non-hydrogen) atoms. The van der Waals surface area contributed by atoms with Gasteiger partial charge < -0.3 is 10.6 Å². The number of nitrogens with one attached hydrogen (secondary N) is 2. The molecule has 7 heteroatoms. The number of hydrogen-bond acceptors (Lipinski definition) is 5. The predicted octanol–water partition coefficient (Wildman–Crippen LogP) is 5.83. The summed E-state index contributed by atoms with van der Waals surface area (Å²) in [5, 5.41) is 9.88. The van der Waals surface area contributed by atoms with E-state index >= 15 is 0 Å². The summed E-state index contributed by atoms with van der Waals surface area (Å²) in [6, 6.07) is 19.8. The molecule has 0 aliphatic carbocycles. The third-order valence-corrected chi connectivity index (χ3v) is 6.84. The molecule has 0 saturated carbocycles. The van der Waals surface area contributed by atoms with E-state index < -0.39 is 0 Å². The Bertz CT molecular complexity index is 1260. The molecular weight excluding hydrogens is 438 g/mol. The molecule has 2 N–H and O–H groups in total. The number of rotatable bonds is 7. The first kappa shape index (κ1) is 22.0. The van der Waals surface area contributed by atoms with Gasteiger partial charge in [0.1, 0.15) is 0 Å². The Labute approximate surface area is 195 Å². The van der Waals surface area contributed by atoms with Gasteiger partial charge in [0.05, 0.1) is 17.9 Å². The van der Waals surface area contributed by atoms with Crippen LogP contribution in [0.5, 0.6) is 0 Å². The molecule has 4 aromatic rings. The van der Waals surface area contributed by atoms with Crippen LogP contribution in [-0.4, -0.2) is 22.6 Å². The molecule has 0 aliphatic heterocycles. The van der Waals surface area contributed by atoms with Gasteiger partial charge in [0.25, 0.3) is 0 Å². The fourth-order valence-corrected chi connectivity index (χ4v) is 5.15. The molecule has 0 spiro atoms. The highest BCUT2D eigenvalue weighted by molar-refractivity contribution is 8.01. The van der Waals surface area contributed by atoms with Crippen LogP contribution in [0.15, 0.2) is 70.4 Å². The van der Waals surface area contributed by atoms with Gasteiger partial charge >= 0.3 is 0 Å². The first-order valence-corrected chi connectivity index (χ1v) is 12.1. The zero-order chi connectivity index (χ0) is 22.5. The first-order chi connectivity index (χ1) is 15.5. The molecule has 3 aromatic carbocycles. The summed E-state index contributed by atoms with van der Waals surface area (Å²) in [6.07, 6.45) is 0.201. The Morgan fingerprint density at radius 1 is 0.938 bits per heavy atom. The SMILES string of the molecule is Cc1cc(C)cc(NC(=O)Cc2csc(SCC(=O)Nc3cccc4ccccc34)n2)c1. The van der Waals surface area contributed by atoms with E-state index in [1.807, 2.05) is 73.8 Å². The average Bonchev–Trinajstić information content (AvgIpc) is 3.19. The number of aromatic nitrogens is 1. The summed E-state index contributed by atoms with van der Waals surface area (Å²) < 4.78 is 0.771. The first-order valence-electron chi connectivity index (χ1n) is 10.2. The molecule has 0 aliphatic rings. The van der Waals surface area contributed by atoms with Crippen molar-refractivity contribution < 1.29 is 9.59 Å². The van der Waals surface area contributed by atoms with Gasteiger partial charge in [0.15, 0.2) is 4.34 Å². The van der Waals surface area contributed by atoms with Gasteiger partial charge in [0, 0.05) is 22.1 Å². The van der Waals surface area contributed by atoms with Crippen molar-refractivity contribution in [2.24, 2.45) is 0 Å². The van der Waals surface area contributed by atoms with Gasteiger partial charge in [-0.15, -0.1) is 11.3 Å². The number of anilines is 2. The van der Waals surface area contributed by atoms with Crippen molar-refractivity contribution in [3.05, 3.63) is 82.9 Å². The van der Waals surface area contributed by atoms with Crippen molar-refractivity contribution in [2.75, 3.05) is 16.4 Å². The largest absolute Gasteiger partial charge is 0.326 e. The van der Waals surface area contributed by atoms with Gasteiger partial charge in [-0.2, -0.15) is 0 Å². The number of thioether (sulfide) groups is 1. The average molecular weight is 462 g/mol. The Kier molecular flexibility index (Phi) is 6.87. The number of carbonyl (C=O) groups is 2. The quantitative estimate of drug-likeness (QED) is 0.340. The maximum Gasteiger partial charge on any atom is 0.234 e.